The van der Waals surface area contributed by atoms with E-state index in [2.05, 4.69) is 15.5 Å². The second kappa shape index (κ2) is 13.4. The smallest absolute Gasteiger partial charge is 0.250 e. The molecule has 2 aromatic rings. The lowest BCUT2D eigenvalue weighted by Crippen LogP contribution is -2.64. The van der Waals surface area contributed by atoms with Gasteiger partial charge in [0.05, 0.1) is 24.8 Å². The van der Waals surface area contributed by atoms with Gasteiger partial charge in [0.2, 0.25) is 11.8 Å². The van der Waals surface area contributed by atoms with Crippen LogP contribution in [0.3, 0.4) is 0 Å². The zero-order valence-corrected chi connectivity index (χ0v) is 25.3. The van der Waals surface area contributed by atoms with E-state index in [0.29, 0.717) is 44.8 Å². The number of ether oxygens (including phenoxy) is 2. The Kier molecular flexibility index (Phi) is 9.63. The van der Waals surface area contributed by atoms with Crippen molar-refractivity contribution in [3.8, 4) is 5.75 Å². The molecule has 0 radical (unpaired) electrons. The molecule has 0 saturated carbocycles. The Morgan fingerprint density at radius 3 is 2.56 bits per heavy atom. The van der Waals surface area contributed by atoms with Gasteiger partial charge >= 0.3 is 0 Å². The molecule has 0 spiro atoms. The first-order chi connectivity index (χ1) is 20.7. The first-order valence-electron chi connectivity index (χ1n) is 15.1. The second-order valence-corrected chi connectivity index (χ2v) is 11.8. The third-order valence-corrected chi connectivity index (χ3v) is 8.83. The van der Waals surface area contributed by atoms with Crippen molar-refractivity contribution in [1.82, 2.24) is 25.3 Å². The number of para-hydroxylation sites is 1. The Bertz CT molecular complexity index is 1310. The number of amides is 3. The summed E-state index contributed by atoms with van der Waals surface area (Å²) >= 11 is 0. The van der Waals surface area contributed by atoms with E-state index in [1.165, 1.54) is 24.3 Å². The third-order valence-electron chi connectivity index (χ3n) is 8.83. The summed E-state index contributed by atoms with van der Waals surface area (Å²) in [6.07, 6.45) is 1.37. The highest BCUT2D eigenvalue weighted by atomic mass is 19.1. The zero-order valence-electron chi connectivity index (χ0n) is 25.3. The minimum absolute atomic E-state index is 0.0126. The monoisotopic (exact) mass is 595 g/mol. The van der Waals surface area contributed by atoms with Crippen molar-refractivity contribution in [3.05, 3.63) is 65.5 Å². The Morgan fingerprint density at radius 2 is 1.84 bits per heavy atom. The molecule has 3 amide bonds. The number of halogens is 1. The van der Waals surface area contributed by atoms with Crippen molar-refractivity contribution >= 4 is 17.7 Å². The van der Waals surface area contributed by atoms with Gasteiger partial charge in [-0.05, 0) is 58.1 Å². The maximum atomic E-state index is 14.5. The molecule has 3 aliphatic heterocycles. The van der Waals surface area contributed by atoms with E-state index >= 15 is 0 Å². The molecule has 6 atom stereocenters. The number of likely N-dealkylation sites (N-methyl/N-ethyl adjacent to an activating group) is 1. The van der Waals surface area contributed by atoms with E-state index in [9.17, 15) is 18.8 Å². The minimum Gasteiger partial charge on any atom is -0.493 e. The van der Waals surface area contributed by atoms with Gasteiger partial charge in [-0.3, -0.25) is 24.2 Å². The van der Waals surface area contributed by atoms with Crippen LogP contribution in [0.1, 0.15) is 49.9 Å². The summed E-state index contributed by atoms with van der Waals surface area (Å²) < 4.78 is 25.6. The van der Waals surface area contributed by atoms with Crippen molar-refractivity contribution in [3.63, 3.8) is 0 Å². The molecule has 10 nitrogen and oxygen atoms in total. The van der Waals surface area contributed by atoms with Crippen molar-refractivity contribution in [2.24, 2.45) is 0 Å². The molecule has 0 aromatic heterocycles. The Morgan fingerprint density at radius 1 is 1.09 bits per heavy atom. The fourth-order valence-corrected chi connectivity index (χ4v) is 6.22. The third kappa shape index (κ3) is 6.84. The number of rotatable bonds is 9. The molecule has 3 aliphatic rings. The predicted octanol–water partition coefficient (Wildman–Crippen LogP) is 2.26. The number of nitrogens with one attached hydrogen (secondary N) is 2. The second-order valence-electron chi connectivity index (χ2n) is 11.8. The summed E-state index contributed by atoms with van der Waals surface area (Å²) in [5.74, 6) is -0.720. The van der Waals surface area contributed by atoms with Gasteiger partial charge in [0, 0.05) is 44.3 Å². The van der Waals surface area contributed by atoms with Crippen molar-refractivity contribution in [1.29, 1.82) is 0 Å². The highest BCUT2D eigenvalue weighted by molar-refractivity contribution is 5.94. The molecule has 0 unspecified atom stereocenters. The number of carbonyl (C=O) groups excluding carboxylic acids is 3. The molecule has 232 valence electrons. The van der Waals surface area contributed by atoms with E-state index in [1.807, 2.05) is 31.2 Å². The molecule has 2 aromatic carbocycles. The average molecular weight is 596 g/mol. The molecule has 2 N–H and O–H groups in total. The first kappa shape index (κ1) is 30.9. The molecular formula is C32H42FN5O5. The number of benzene rings is 2. The molecule has 3 heterocycles. The Balaban J connectivity index is 1.44. The molecular weight excluding hydrogens is 553 g/mol. The standard InChI is InChI=1S/C32H42FN5O5/c1-5-42-24-16-23-17-38(32(41)29(21-10-12-22(33)13-11-21)35-30(39)20(2)36(3)4)27(19-37(23)18-24)31(40)34-26-14-15-43-28-9-7-6-8-25(26)28/h6-13,20,23-24,26-27,29H,5,14-19H2,1-4H3,(H,34,40)(H,35,39)/t20-,23+,24+,26+,27-,29-/m0/s1. The van der Waals surface area contributed by atoms with Crippen LogP contribution >= 0.6 is 0 Å². The molecule has 5 rings (SSSR count). The summed E-state index contributed by atoms with van der Waals surface area (Å²) in [6.45, 7) is 6.10. The lowest BCUT2D eigenvalue weighted by molar-refractivity contribution is -0.148. The van der Waals surface area contributed by atoms with Crippen LogP contribution in [-0.4, -0.2) is 104 Å². The van der Waals surface area contributed by atoms with Crippen LogP contribution < -0.4 is 15.4 Å². The fraction of sp³-hybridized carbons (Fsp3) is 0.531. The topological polar surface area (TPSA) is 103 Å². The van der Waals surface area contributed by atoms with E-state index in [4.69, 9.17) is 9.47 Å². The van der Waals surface area contributed by atoms with Gasteiger partial charge < -0.3 is 25.0 Å². The molecule has 43 heavy (non-hydrogen) atoms. The SMILES string of the molecule is CCO[C@@H]1C[C@@H]2CN(C(=O)[C@@H](NC(=O)[C@H](C)N(C)C)c3ccc(F)cc3)[C@H](C(=O)N[C@@H]3CCOc4ccccc43)CN2C1. The number of carbonyl (C=O) groups is 3. The largest absolute Gasteiger partial charge is 0.493 e. The number of hydrogen-bond acceptors (Lipinski definition) is 7. The zero-order chi connectivity index (χ0) is 30.7. The molecule has 0 aliphatic carbocycles. The summed E-state index contributed by atoms with van der Waals surface area (Å²) in [4.78, 5) is 47.3. The van der Waals surface area contributed by atoms with Crippen LogP contribution in [0.2, 0.25) is 0 Å². The summed E-state index contributed by atoms with van der Waals surface area (Å²) in [6, 6.07) is 10.5. The Hall–Kier alpha value is -3.54. The van der Waals surface area contributed by atoms with Crippen molar-refractivity contribution in [2.45, 2.75) is 63.0 Å². The lowest BCUT2D eigenvalue weighted by Gasteiger charge is -2.44. The van der Waals surface area contributed by atoms with Crippen LogP contribution in [0.5, 0.6) is 5.75 Å². The van der Waals surface area contributed by atoms with Crippen LogP contribution in [0.25, 0.3) is 0 Å². The van der Waals surface area contributed by atoms with E-state index < -0.39 is 29.8 Å². The van der Waals surface area contributed by atoms with Gasteiger partial charge in [0.1, 0.15) is 23.7 Å². The normalized spacial score (nSPS) is 24.8. The Labute approximate surface area is 252 Å². The number of piperazine rings is 1. The van der Waals surface area contributed by atoms with E-state index in [0.717, 1.165) is 17.7 Å². The van der Waals surface area contributed by atoms with Crippen molar-refractivity contribution in [2.75, 3.05) is 46.9 Å². The predicted molar refractivity (Wildman–Crippen MR) is 159 cm³/mol. The molecule has 2 fully saturated rings. The molecule has 2 saturated heterocycles. The summed E-state index contributed by atoms with van der Waals surface area (Å²) in [5.41, 5.74) is 1.35. The van der Waals surface area contributed by atoms with Crippen LogP contribution in [0.15, 0.2) is 48.5 Å². The number of nitrogens with zero attached hydrogens (tertiary/aromatic N) is 3. The van der Waals surface area contributed by atoms with Crippen LogP contribution in [-0.2, 0) is 19.1 Å². The van der Waals surface area contributed by atoms with Gasteiger partial charge in [-0.1, -0.05) is 30.3 Å². The fourth-order valence-electron chi connectivity index (χ4n) is 6.22. The van der Waals surface area contributed by atoms with Crippen molar-refractivity contribution < 1.29 is 28.2 Å². The van der Waals surface area contributed by atoms with Gasteiger partial charge in [-0.2, -0.15) is 0 Å². The van der Waals surface area contributed by atoms with Gasteiger partial charge in [-0.25, -0.2) is 4.39 Å². The summed E-state index contributed by atoms with van der Waals surface area (Å²) in [7, 11) is 3.56. The maximum Gasteiger partial charge on any atom is 0.250 e. The number of hydrogen-bond donors (Lipinski definition) is 2. The highest BCUT2D eigenvalue weighted by Crippen LogP contribution is 2.33. The summed E-state index contributed by atoms with van der Waals surface area (Å²) in [5, 5.41) is 6.08. The van der Waals surface area contributed by atoms with Gasteiger partial charge in [0.25, 0.3) is 5.91 Å². The minimum atomic E-state index is -1.09. The number of fused-ring (bicyclic) bond motifs is 2. The lowest BCUT2D eigenvalue weighted by atomic mass is 9.98. The molecule has 0 bridgehead atoms. The van der Waals surface area contributed by atoms with Crippen LogP contribution in [0, 0.1) is 5.82 Å². The quantitative estimate of drug-likeness (QED) is 0.459. The van der Waals surface area contributed by atoms with Crippen LogP contribution in [0.4, 0.5) is 4.39 Å². The van der Waals surface area contributed by atoms with E-state index in [-0.39, 0.29) is 30.0 Å². The average Bonchev–Trinajstić information content (AvgIpc) is 3.40. The highest BCUT2D eigenvalue weighted by Gasteiger charge is 2.46. The van der Waals surface area contributed by atoms with Gasteiger partial charge in [0.15, 0.2) is 0 Å². The molecule has 11 heteroatoms. The first-order valence-corrected chi connectivity index (χ1v) is 15.1. The maximum absolute atomic E-state index is 14.5. The van der Waals surface area contributed by atoms with E-state index in [1.54, 1.807) is 30.8 Å². The van der Waals surface area contributed by atoms with Gasteiger partial charge in [-0.15, -0.1) is 0 Å².